The number of piperidine rings is 1. The van der Waals surface area contributed by atoms with Crippen molar-refractivity contribution in [2.24, 2.45) is 0 Å². The zero-order chi connectivity index (χ0) is 11.7. The third kappa shape index (κ3) is 2.38. The van der Waals surface area contributed by atoms with Crippen LogP contribution < -0.4 is 0 Å². The summed E-state index contributed by atoms with van der Waals surface area (Å²) in [5.41, 5.74) is 0. The first-order chi connectivity index (χ1) is 7.58. The number of carbonyl (C=O) groups is 1. The average molecular weight is 226 g/mol. The largest absolute Gasteiger partial charge is 0.481 e. The summed E-state index contributed by atoms with van der Waals surface area (Å²) in [5.74, 6) is -0.692. The van der Waals surface area contributed by atoms with Gasteiger partial charge in [-0.25, -0.2) is 0 Å². The zero-order valence-electron chi connectivity index (χ0n) is 10.2. The molecule has 0 saturated carbocycles. The molecule has 92 valence electrons. The van der Waals surface area contributed by atoms with E-state index in [0.717, 1.165) is 12.1 Å². The second-order valence-electron chi connectivity index (χ2n) is 5.30. The highest BCUT2D eigenvalue weighted by Crippen LogP contribution is 2.35. The zero-order valence-corrected chi connectivity index (χ0v) is 10.2. The maximum Gasteiger partial charge on any atom is 0.304 e. The molecule has 2 unspecified atom stereocenters. The van der Waals surface area contributed by atoms with Crippen molar-refractivity contribution in [3.8, 4) is 0 Å². The first-order valence-electron chi connectivity index (χ1n) is 6.22. The Kier molecular flexibility index (Phi) is 3.50. The number of aliphatic carboxylic acids is 1. The fourth-order valence-corrected chi connectivity index (χ4v) is 3.20. The Morgan fingerprint density at radius 2 is 1.94 bits per heavy atom. The second-order valence-corrected chi connectivity index (χ2v) is 5.30. The van der Waals surface area contributed by atoms with Crippen molar-refractivity contribution in [2.75, 3.05) is 20.6 Å². The first kappa shape index (κ1) is 11.9. The van der Waals surface area contributed by atoms with E-state index in [4.69, 9.17) is 5.11 Å². The van der Waals surface area contributed by atoms with Crippen molar-refractivity contribution in [1.82, 2.24) is 9.80 Å². The van der Waals surface area contributed by atoms with Crippen molar-refractivity contribution in [1.29, 1.82) is 0 Å². The summed E-state index contributed by atoms with van der Waals surface area (Å²) in [5, 5.41) is 8.68. The molecule has 2 rings (SSSR count). The van der Waals surface area contributed by atoms with Gasteiger partial charge in [0.05, 0.1) is 6.42 Å². The van der Waals surface area contributed by atoms with Crippen molar-refractivity contribution in [3.63, 3.8) is 0 Å². The van der Waals surface area contributed by atoms with E-state index in [-0.39, 0.29) is 6.42 Å². The quantitative estimate of drug-likeness (QED) is 0.777. The standard InChI is InChI=1S/C12H22N2O2/c1-13(6-5-12(15)16)11-7-9-3-4-10(8-11)14(9)2/h9-11H,3-8H2,1-2H3,(H,15,16). The lowest BCUT2D eigenvalue weighted by atomic mass is 9.97. The molecular formula is C12H22N2O2. The van der Waals surface area contributed by atoms with Crippen molar-refractivity contribution < 1.29 is 9.90 Å². The SMILES string of the molecule is CN(CCC(=O)O)C1CC2CCC(C1)N2C. The summed E-state index contributed by atoms with van der Waals surface area (Å²) < 4.78 is 0. The van der Waals surface area contributed by atoms with E-state index in [1.165, 1.54) is 25.7 Å². The van der Waals surface area contributed by atoms with Gasteiger partial charge in [0.2, 0.25) is 0 Å². The number of carboxylic acid groups (broad SMARTS) is 1. The lowest BCUT2D eigenvalue weighted by molar-refractivity contribution is -0.137. The molecule has 16 heavy (non-hydrogen) atoms. The molecule has 0 aliphatic carbocycles. The van der Waals surface area contributed by atoms with E-state index in [2.05, 4.69) is 23.9 Å². The van der Waals surface area contributed by atoms with E-state index in [0.29, 0.717) is 12.6 Å². The van der Waals surface area contributed by atoms with E-state index in [9.17, 15) is 4.79 Å². The van der Waals surface area contributed by atoms with Gasteiger partial charge in [0, 0.05) is 24.7 Å². The van der Waals surface area contributed by atoms with Gasteiger partial charge in [-0.3, -0.25) is 4.79 Å². The fraction of sp³-hybridized carbons (Fsp3) is 0.917. The molecule has 2 aliphatic rings. The molecule has 1 N–H and O–H groups in total. The minimum atomic E-state index is -0.692. The maximum absolute atomic E-state index is 10.5. The Morgan fingerprint density at radius 3 is 2.44 bits per heavy atom. The van der Waals surface area contributed by atoms with Crippen LogP contribution in [0.25, 0.3) is 0 Å². The number of rotatable bonds is 4. The number of nitrogens with zero attached hydrogens (tertiary/aromatic N) is 2. The molecule has 2 atom stereocenters. The Labute approximate surface area is 97.2 Å². The van der Waals surface area contributed by atoms with E-state index in [1.807, 2.05) is 0 Å². The highest BCUT2D eigenvalue weighted by atomic mass is 16.4. The maximum atomic E-state index is 10.5. The van der Waals surface area contributed by atoms with Crippen LogP contribution in [0.15, 0.2) is 0 Å². The molecule has 2 aliphatic heterocycles. The van der Waals surface area contributed by atoms with E-state index >= 15 is 0 Å². The van der Waals surface area contributed by atoms with Crippen LogP contribution in [0.2, 0.25) is 0 Å². The van der Waals surface area contributed by atoms with Gasteiger partial charge in [-0.2, -0.15) is 0 Å². The van der Waals surface area contributed by atoms with Gasteiger partial charge in [0.15, 0.2) is 0 Å². The summed E-state index contributed by atoms with van der Waals surface area (Å²) in [6.07, 6.45) is 5.33. The van der Waals surface area contributed by atoms with Crippen molar-refractivity contribution >= 4 is 5.97 Å². The third-order valence-electron chi connectivity index (χ3n) is 4.38. The number of hydrogen-bond acceptors (Lipinski definition) is 3. The average Bonchev–Trinajstić information content (AvgIpc) is 2.50. The molecule has 0 spiro atoms. The Hall–Kier alpha value is -0.610. The summed E-state index contributed by atoms with van der Waals surface area (Å²) in [4.78, 5) is 15.3. The predicted molar refractivity (Wildman–Crippen MR) is 62.5 cm³/mol. The number of fused-ring (bicyclic) bond motifs is 2. The summed E-state index contributed by atoms with van der Waals surface area (Å²) >= 11 is 0. The molecule has 0 aromatic rings. The summed E-state index contributed by atoms with van der Waals surface area (Å²) in [6, 6.07) is 2.06. The van der Waals surface area contributed by atoms with Gasteiger partial charge in [-0.15, -0.1) is 0 Å². The van der Waals surface area contributed by atoms with Crippen LogP contribution in [0.5, 0.6) is 0 Å². The molecule has 2 fully saturated rings. The highest BCUT2D eigenvalue weighted by molar-refractivity contribution is 5.66. The lowest BCUT2D eigenvalue weighted by Crippen LogP contribution is -2.48. The third-order valence-corrected chi connectivity index (χ3v) is 4.38. The van der Waals surface area contributed by atoms with Crippen molar-refractivity contribution in [3.05, 3.63) is 0 Å². The van der Waals surface area contributed by atoms with E-state index in [1.54, 1.807) is 0 Å². The van der Waals surface area contributed by atoms with Crippen LogP contribution in [0, 0.1) is 0 Å². The van der Waals surface area contributed by atoms with Gasteiger partial charge in [-0.1, -0.05) is 0 Å². The molecule has 4 nitrogen and oxygen atoms in total. The molecule has 0 aromatic carbocycles. The molecule has 0 radical (unpaired) electrons. The molecule has 0 amide bonds. The van der Waals surface area contributed by atoms with Gasteiger partial charge in [-0.05, 0) is 39.8 Å². The minimum absolute atomic E-state index is 0.262. The van der Waals surface area contributed by atoms with Gasteiger partial charge in [0.25, 0.3) is 0 Å². The molecule has 0 aromatic heterocycles. The van der Waals surface area contributed by atoms with Crippen LogP contribution >= 0.6 is 0 Å². The lowest BCUT2D eigenvalue weighted by Gasteiger charge is -2.40. The van der Waals surface area contributed by atoms with Crippen LogP contribution in [0.4, 0.5) is 0 Å². The summed E-state index contributed by atoms with van der Waals surface area (Å²) in [6.45, 7) is 0.684. The minimum Gasteiger partial charge on any atom is -0.481 e. The van der Waals surface area contributed by atoms with Crippen LogP contribution in [-0.4, -0.2) is 59.6 Å². The van der Waals surface area contributed by atoms with Crippen LogP contribution in [0.1, 0.15) is 32.1 Å². The second kappa shape index (κ2) is 4.72. The molecule has 2 bridgehead atoms. The number of carboxylic acids is 1. The fourth-order valence-electron chi connectivity index (χ4n) is 3.20. The van der Waals surface area contributed by atoms with Crippen LogP contribution in [0.3, 0.4) is 0 Å². The monoisotopic (exact) mass is 226 g/mol. The topological polar surface area (TPSA) is 43.8 Å². The normalized spacial score (nSPS) is 34.6. The summed E-state index contributed by atoms with van der Waals surface area (Å²) in [7, 11) is 4.30. The van der Waals surface area contributed by atoms with Crippen molar-refractivity contribution in [2.45, 2.75) is 50.2 Å². The Morgan fingerprint density at radius 1 is 1.38 bits per heavy atom. The number of hydrogen-bond donors (Lipinski definition) is 1. The van der Waals surface area contributed by atoms with Gasteiger partial charge < -0.3 is 14.9 Å². The first-order valence-corrected chi connectivity index (χ1v) is 6.22. The Balaban J connectivity index is 1.85. The van der Waals surface area contributed by atoms with E-state index < -0.39 is 5.97 Å². The van der Waals surface area contributed by atoms with Crippen LogP contribution in [-0.2, 0) is 4.79 Å². The highest BCUT2D eigenvalue weighted by Gasteiger charge is 2.39. The van der Waals surface area contributed by atoms with Gasteiger partial charge in [0.1, 0.15) is 0 Å². The molecule has 2 saturated heterocycles. The smallest absolute Gasteiger partial charge is 0.304 e. The molecule has 2 heterocycles. The Bertz CT molecular complexity index is 256. The molecular weight excluding hydrogens is 204 g/mol. The molecule has 4 heteroatoms. The predicted octanol–water partition coefficient (Wildman–Crippen LogP) is 1.02. The van der Waals surface area contributed by atoms with Gasteiger partial charge >= 0.3 is 5.97 Å².